The van der Waals surface area contributed by atoms with Crippen LogP contribution in [-0.2, 0) is 14.8 Å². The number of nitrogens with zero attached hydrogens (tertiary/aromatic N) is 2. The molecule has 5 nitrogen and oxygen atoms in total. The van der Waals surface area contributed by atoms with Crippen LogP contribution in [0, 0.1) is 0 Å². The van der Waals surface area contributed by atoms with E-state index in [4.69, 9.17) is 16.3 Å². The number of hydrogen-bond acceptors (Lipinski definition) is 3. The van der Waals surface area contributed by atoms with E-state index in [9.17, 15) is 8.42 Å². The van der Waals surface area contributed by atoms with Crippen LogP contribution in [0.2, 0.25) is 5.02 Å². The van der Waals surface area contributed by atoms with Gasteiger partial charge >= 0.3 is 0 Å². The smallest absolute Gasteiger partial charge is 0.284 e. The molecule has 0 saturated carbocycles. The first-order chi connectivity index (χ1) is 11.6. The van der Waals surface area contributed by atoms with Crippen molar-refractivity contribution in [3.8, 4) is 0 Å². The molecule has 0 aliphatic carbocycles. The molecule has 1 heterocycles. The zero-order chi connectivity index (χ0) is 17.0. The highest BCUT2D eigenvalue weighted by atomic mass is 35.5. The van der Waals surface area contributed by atoms with Crippen molar-refractivity contribution in [2.75, 3.05) is 26.3 Å². The highest BCUT2D eigenvalue weighted by Crippen LogP contribution is 2.18. The topological polar surface area (TPSA) is 59.0 Å². The zero-order valence-electron chi connectivity index (χ0n) is 12.9. The standard InChI is InChI=1S/C17H17ClN2O3S/c18-15-8-6-14(7-9-15)17(20-10-12-23-13-11-20)19-24(21,22)16-4-2-1-3-5-16/h1-9H,10-13H2/b19-17-. The van der Waals surface area contributed by atoms with E-state index in [1.807, 2.05) is 4.90 Å². The van der Waals surface area contributed by atoms with Crippen molar-refractivity contribution in [2.24, 2.45) is 4.40 Å². The predicted molar refractivity (Wildman–Crippen MR) is 94.0 cm³/mol. The lowest BCUT2D eigenvalue weighted by Crippen LogP contribution is -2.41. The Morgan fingerprint density at radius 3 is 2.25 bits per heavy atom. The summed E-state index contributed by atoms with van der Waals surface area (Å²) in [6, 6.07) is 15.2. The van der Waals surface area contributed by atoms with Crippen LogP contribution in [0.4, 0.5) is 0 Å². The minimum Gasteiger partial charge on any atom is -0.378 e. The van der Waals surface area contributed by atoms with Crippen LogP contribution < -0.4 is 0 Å². The molecule has 0 unspecified atom stereocenters. The maximum absolute atomic E-state index is 12.7. The Hall–Kier alpha value is -1.89. The van der Waals surface area contributed by atoms with Crippen molar-refractivity contribution in [2.45, 2.75) is 4.90 Å². The van der Waals surface area contributed by atoms with Crippen LogP contribution in [0.15, 0.2) is 63.9 Å². The van der Waals surface area contributed by atoms with Gasteiger partial charge in [-0.05, 0) is 36.4 Å². The second kappa shape index (κ2) is 7.34. The summed E-state index contributed by atoms with van der Waals surface area (Å²) in [5.41, 5.74) is 0.709. The highest BCUT2D eigenvalue weighted by Gasteiger charge is 2.21. The second-order valence-electron chi connectivity index (χ2n) is 5.31. The van der Waals surface area contributed by atoms with Gasteiger partial charge in [-0.15, -0.1) is 4.40 Å². The average molecular weight is 365 g/mol. The van der Waals surface area contributed by atoms with Gasteiger partial charge in [0.05, 0.1) is 18.1 Å². The van der Waals surface area contributed by atoms with E-state index in [1.54, 1.807) is 42.5 Å². The SMILES string of the molecule is O=S(=O)(/N=C(/c1ccc(Cl)cc1)N1CCOCC1)c1ccccc1. The van der Waals surface area contributed by atoms with E-state index < -0.39 is 10.0 Å². The number of sulfonamides is 1. The summed E-state index contributed by atoms with van der Waals surface area (Å²) in [5.74, 6) is 0.416. The Bertz CT molecular complexity index is 815. The van der Waals surface area contributed by atoms with Crippen LogP contribution >= 0.6 is 11.6 Å². The quantitative estimate of drug-likeness (QED) is 0.620. The van der Waals surface area contributed by atoms with Gasteiger partial charge in [0.1, 0.15) is 5.84 Å². The third-order valence-corrected chi connectivity index (χ3v) is 5.19. The van der Waals surface area contributed by atoms with E-state index in [-0.39, 0.29) is 4.90 Å². The molecule has 0 amide bonds. The van der Waals surface area contributed by atoms with Gasteiger partial charge in [-0.3, -0.25) is 0 Å². The third kappa shape index (κ3) is 3.95. The molecule has 0 atom stereocenters. The normalized spacial score (nSPS) is 16.2. The van der Waals surface area contributed by atoms with Gasteiger partial charge in [-0.25, -0.2) is 0 Å². The highest BCUT2D eigenvalue weighted by molar-refractivity contribution is 7.90. The summed E-state index contributed by atoms with van der Waals surface area (Å²) < 4.78 is 34.8. The Labute approximate surface area is 146 Å². The Kier molecular flexibility index (Phi) is 5.18. The first-order valence-electron chi connectivity index (χ1n) is 7.55. The van der Waals surface area contributed by atoms with Gasteiger partial charge in [-0.2, -0.15) is 8.42 Å². The monoisotopic (exact) mass is 364 g/mol. The lowest BCUT2D eigenvalue weighted by Gasteiger charge is -2.29. The lowest BCUT2D eigenvalue weighted by atomic mass is 10.2. The summed E-state index contributed by atoms with van der Waals surface area (Å²) in [4.78, 5) is 2.09. The first-order valence-corrected chi connectivity index (χ1v) is 9.37. The van der Waals surface area contributed by atoms with E-state index in [2.05, 4.69) is 4.40 Å². The van der Waals surface area contributed by atoms with Crippen LogP contribution in [0.1, 0.15) is 5.56 Å². The molecule has 7 heteroatoms. The summed E-state index contributed by atoms with van der Waals surface area (Å²) in [5, 5.41) is 0.589. The second-order valence-corrected chi connectivity index (χ2v) is 7.35. The molecule has 0 spiro atoms. The fraction of sp³-hybridized carbons (Fsp3) is 0.235. The number of ether oxygens (including phenoxy) is 1. The molecule has 2 aromatic carbocycles. The molecule has 1 fully saturated rings. The number of morpholine rings is 1. The molecule has 0 radical (unpaired) electrons. The zero-order valence-corrected chi connectivity index (χ0v) is 14.5. The van der Waals surface area contributed by atoms with E-state index in [1.165, 1.54) is 12.1 Å². The molecular formula is C17H17ClN2O3S. The molecule has 126 valence electrons. The molecule has 0 aromatic heterocycles. The van der Waals surface area contributed by atoms with Crippen molar-refractivity contribution < 1.29 is 13.2 Å². The van der Waals surface area contributed by atoms with Gasteiger partial charge in [0, 0.05) is 23.7 Å². The van der Waals surface area contributed by atoms with Gasteiger partial charge in [0.25, 0.3) is 10.0 Å². The van der Waals surface area contributed by atoms with Crippen molar-refractivity contribution in [3.05, 3.63) is 65.2 Å². The number of hydrogen-bond donors (Lipinski definition) is 0. The van der Waals surface area contributed by atoms with Crippen LogP contribution in [0.3, 0.4) is 0 Å². The van der Waals surface area contributed by atoms with Crippen molar-refractivity contribution in [3.63, 3.8) is 0 Å². The molecule has 24 heavy (non-hydrogen) atoms. The van der Waals surface area contributed by atoms with Crippen LogP contribution in [0.5, 0.6) is 0 Å². The number of amidine groups is 1. The van der Waals surface area contributed by atoms with Crippen molar-refractivity contribution in [1.29, 1.82) is 0 Å². The molecule has 1 saturated heterocycles. The Morgan fingerprint density at radius 2 is 1.62 bits per heavy atom. The molecule has 0 N–H and O–H groups in total. The summed E-state index contributed by atoms with van der Waals surface area (Å²) >= 11 is 5.94. The first kappa shape index (κ1) is 17.0. The number of rotatable bonds is 3. The number of halogens is 1. The minimum absolute atomic E-state index is 0.171. The third-order valence-electron chi connectivity index (χ3n) is 3.66. The minimum atomic E-state index is -3.79. The van der Waals surface area contributed by atoms with E-state index >= 15 is 0 Å². The fourth-order valence-corrected chi connectivity index (χ4v) is 3.61. The van der Waals surface area contributed by atoms with E-state index in [0.717, 1.165) is 0 Å². The fourth-order valence-electron chi connectivity index (χ4n) is 2.43. The van der Waals surface area contributed by atoms with Crippen molar-refractivity contribution in [1.82, 2.24) is 4.90 Å². The Balaban J connectivity index is 2.05. The summed E-state index contributed by atoms with van der Waals surface area (Å²) in [6.45, 7) is 2.26. The maximum Gasteiger partial charge on any atom is 0.284 e. The van der Waals surface area contributed by atoms with E-state index in [0.29, 0.717) is 42.7 Å². The molecule has 0 bridgehead atoms. The van der Waals surface area contributed by atoms with Gasteiger partial charge in [-0.1, -0.05) is 29.8 Å². The van der Waals surface area contributed by atoms with Crippen LogP contribution in [0.25, 0.3) is 0 Å². The maximum atomic E-state index is 12.7. The molecule has 1 aliphatic heterocycles. The Morgan fingerprint density at radius 1 is 1.00 bits per heavy atom. The summed E-state index contributed by atoms with van der Waals surface area (Å²) in [7, 11) is -3.79. The summed E-state index contributed by atoms with van der Waals surface area (Å²) in [6.07, 6.45) is 0. The van der Waals surface area contributed by atoms with Crippen molar-refractivity contribution >= 4 is 27.5 Å². The van der Waals surface area contributed by atoms with Gasteiger partial charge in [0.15, 0.2) is 0 Å². The predicted octanol–water partition coefficient (Wildman–Crippen LogP) is 2.81. The van der Waals surface area contributed by atoms with Gasteiger partial charge in [0.2, 0.25) is 0 Å². The number of benzene rings is 2. The molecular weight excluding hydrogens is 348 g/mol. The molecule has 3 rings (SSSR count). The molecule has 1 aliphatic rings. The van der Waals surface area contributed by atoms with Gasteiger partial charge < -0.3 is 9.64 Å². The largest absolute Gasteiger partial charge is 0.378 e. The average Bonchev–Trinajstić information content (AvgIpc) is 2.62. The van der Waals surface area contributed by atoms with Crippen LogP contribution in [-0.4, -0.2) is 45.5 Å². The lowest BCUT2D eigenvalue weighted by molar-refractivity contribution is 0.0683. The molecule has 2 aromatic rings.